The summed E-state index contributed by atoms with van der Waals surface area (Å²) in [5.41, 5.74) is 0.839. The van der Waals surface area contributed by atoms with E-state index in [1.165, 1.54) is 0 Å². The predicted octanol–water partition coefficient (Wildman–Crippen LogP) is 1.61. The Bertz CT molecular complexity index is 298. The minimum atomic E-state index is -0.462. The van der Waals surface area contributed by atoms with E-state index >= 15 is 0 Å². The maximum Gasteiger partial charge on any atom is 0.128 e. The van der Waals surface area contributed by atoms with E-state index < -0.39 is 6.10 Å². The van der Waals surface area contributed by atoms with Gasteiger partial charge in [0.15, 0.2) is 0 Å². The van der Waals surface area contributed by atoms with Crippen LogP contribution in [0.3, 0.4) is 0 Å². The van der Waals surface area contributed by atoms with Crippen molar-refractivity contribution in [2.24, 2.45) is 0 Å². The van der Waals surface area contributed by atoms with Crippen molar-refractivity contribution < 1.29 is 9.84 Å². The fraction of sp³-hybridized carbons (Fsp3) is 0.583. The van der Waals surface area contributed by atoms with Gasteiger partial charge in [0, 0.05) is 26.4 Å². The van der Waals surface area contributed by atoms with Crippen LogP contribution in [0.1, 0.15) is 25.5 Å². The molecule has 1 N–H and O–H groups in total. The quantitative estimate of drug-likeness (QED) is 0.797. The number of aliphatic hydroxyl groups is 1. The molecule has 1 rings (SSSR count). The van der Waals surface area contributed by atoms with Gasteiger partial charge in [-0.2, -0.15) is 0 Å². The number of hydrogen-bond donors (Lipinski definition) is 1. The smallest absolute Gasteiger partial charge is 0.128 e. The average molecular weight is 224 g/mol. The maximum atomic E-state index is 9.38. The van der Waals surface area contributed by atoms with Crippen molar-refractivity contribution in [1.82, 2.24) is 4.98 Å². The van der Waals surface area contributed by atoms with Crippen molar-refractivity contribution in [3.63, 3.8) is 0 Å². The molecular weight excluding hydrogens is 204 g/mol. The second kappa shape index (κ2) is 6.45. The Morgan fingerprint density at radius 2 is 2.25 bits per heavy atom. The van der Waals surface area contributed by atoms with Gasteiger partial charge in [-0.3, -0.25) is 0 Å². The molecule has 4 heteroatoms. The Kier molecular flexibility index (Phi) is 5.22. The number of hydrogen-bond acceptors (Lipinski definition) is 4. The molecule has 0 aliphatic carbocycles. The summed E-state index contributed by atoms with van der Waals surface area (Å²) in [6.45, 7) is 6.23. The molecule has 16 heavy (non-hydrogen) atoms. The third-order valence-corrected chi connectivity index (χ3v) is 2.52. The third-order valence-electron chi connectivity index (χ3n) is 2.52. The van der Waals surface area contributed by atoms with E-state index in [0.717, 1.165) is 24.5 Å². The summed E-state index contributed by atoms with van der Waals surface area (Å²) in [6, 6.07) is 3.84. The monoisotopic (exact) mass is 224 g/mol. The van der Waals surface area contributed by atoms with E-state index in [2.05, 4.69) is 16.8 Å². The largest absolute Gasteiger partial charge is 0.389 e. The minimum Gasteiger partial charge on any atom is -0.389 e. The van der Waals surface area contributed by atoms with Crippen LogP contribution in [0.15, 0.2) is 18.3 Å². The van der Waals surface area contributed by atoms with Gasteiger partial charge in [-0.25, -0.2) is 4.98 Å². The van der Waals surface area contributed by atoms with Crippen molar-refractivity contribution >= 4 is 5.82 Å². The van der Waals surface area contributed by atoms with E-state index in [9.17, 15) is 5.11 Å². The summed E-state index contributed by atoms with van der Waals surface area (Å²) in [5.74, 6) is 0.920. The van der Waals surface area contributed by atoms with Gasteiger partial charge in [-0.15, -0.1) is 0 Å². The average Bonchev–Trinajstić information content (AvgIpc) is 2.30. The zero-order valence-electron chi connectivity index (χ0n) is 10.2. The summed E-state index contributed by atoms with van der Waals surface area (Å²) in [4.78, 5) is 6.47. The van der Waals surface area contributed by atoms with Gasteiger partial charge in [0.25, 0.3) is 0 Å². The van der Waals surface area contributed by atoms with E-state index in [4.69, 9.17) is 4.74 Å². The topological polar surface area (TPSA) is 45.6 Å². The number of nitrogens with zero attached hydrogens (tertiary/aromatic N) is 2. The normalized spacial score (nSPS) is 12.5. The zero-order valence-corrected chi connectivity index (χ0v) is 10.2. The van der Waals surface area contributed by atoms with Crippen LogP contribution in [0, 0.1) is 0 Å². The molecule has 1 aromatic heterocycles. The van der Waals surface area contributed by atoms with Crippen LogP contribution >= 0.6 is 0 Å². The van der Waals surface area contributed by atoms with E-state index in [-0.39, 0.29) is 0 Å². The van der Waals surface area contributed by atoms with Crippen LogP contribution in [0.25, 0.3) is 0 Å². The van der Waals surface area contributed by atoms with Crippen molar-refractivity contribution in [2.45, 2.75) is 20.0 Å². The Labute approximate surface area is 96.9 Å². The maximum absolute atomic E-state index is 9.38. The standard InChI is InChI=1S/C12H20N2O2/c1-4-14(7-8-16-3)12-6-5-11(9-13-12)10(2)15/h5-6,9-10,15H,4,7-8H2,1-3H3. The summed E-state index contributed by atoms with van der Waals surface area (Å²) in [7, 11) is 1.69. The highest BCUT2D eigenvalue weighted by atomic mass is 16.5. The second-order valence-corrected chi connectivity index (χ2v) is 3.70. The first-order valence-corrected chi connectivity index (χ1v) is 5.57. The molecule has 0 aliphatic rings. The molecule has 1 heterocycles. The summed E-state index contributed by atoms with van der Waals surface area (Å²) < 4.78 is 5.05. The zero-order chi connectivity index (χ0) is 12.0. The van der Waals surface area contributed by atoms with Crippen molar-refractivity contribution in [3.05, 3.63) is 23.9 Å². The Morgan fingerprint density at radius 1 is 1.50 bits per heavy atom. The van der Waals surface area contributed by atoms with Gasteiger partial charge in [-0.05, 0) is 25.5 Å². The molecule has 0 aromatic carbocycles. The SMILES string of the molecule is CCN(CCOC)c1ccc(C(C)O)cn1. The molecule has 0 saturated heterocycles. The Balaban J connectivity index is 2.70. The molecule has 0 aliphatic heterocycles. The van der Waals surface area contributed by atoms with Gasteiger partial charge in [0.2, 0.25) is 0 Å². The number of aliphatic hydroxyl groups excluding tert-OH is 1. The van der Waals surface area contributed by atoms with Crippen LogP contribution in [0.2, 0.25) is 0 Å². The first kappa shape index (κ1) is 12.9. The lowest BCUT2D eigenvalue weighted by atomic mass is 10.2. The number of pyridine rings is 1. The van der Waals surface area contributed by atoms with Crippen molar-refractivity contribution in [3.8, 4) is 0 Å². The molecule has 0 radical (unpaired) electrons. The van der Waals surface area contributed by atoms with Crippen LogP contribution in [0.4, 0.5) is 5.82 Å². The van der Waals surface area contributed by atoms with Crippen LogP contribution in [0.5, 0.6) is 0 Å². The van der Waals surface area contributed by atoms with Gasteiger partial charge in [0.05, 0.1) is 12.7 Å². The predicted molar refractivity (Wildman–Crippen MR) is 64.6 cm³/mol. The van der Waals surface area contributed by atoms with Crippen LogP contribution in [-0.4, -0.2) is 36.9 Å². The lowest BCUT2D eigenvalue weighted by molar-refractivity contribution is 0.198. The van der Waals surface area contributed by atoms with Crippen LogP contribution in [-0.2, 0) is 4.74 Å². The highest BCUT2D eigenvalue weighted by molar-refractivity contribution is 5.39. The van der Waals surface area contributed by atoms with E-state index in [1.54, 1.807) is 20.2 Å². The lowest BCUT2D eigenvalue weighted by Gasteiger charge is -2.21. The molecule has 0 fully saturated rings. The van der Waals surface area contributed by atoms with Crippen LogP contribution < -0.4 is 4.90 Å². The Hall–Kier alpha value is -1.13. The number of rotatable bonds is 6. The third kappa shape index (κ3) is 3.47. The minimum absolute atomic E-state index is 0.462. The summed E-state index contributed by atoms with van der Waals surface area (Å²) in [5, 5.41) is 9.38. The number of methoxy groups -OCH3 is 1. The van der Waals surface area contributed by atoms with Gasteiger partial charge >= 0.3 is 0 Å². The van der Waals surface area contributed by atoms with E-state index in [0.29, 0.717) is 6.61 Å². The fourth-order valence-corrected chi connectivity index (χ4v) is 1.47. The van der Waals surface area contributed by atoms with Gasteiger partial charge in [-0.1, -0.05) is 6.07 Å². The van der Waals surface area contributed by atoms with Crippen molar-refractivity contribution in [2.75, 3.05) is 31.7 Å². The van der Waals surface area contributed by atoms with Gasteiger partial charge < -0.3 is 14.7 Å². The molecule has 0 spiro atoms. The fourth-order valence-electron chi connectivity index (χ4n) is 1.47. The first-order valence-electron chi connectivity index (χ1n) is 5.57. The molecular formula is C12H20N2O2. The number of anilines is 1. The number of aromatic nitrogens is 1. The highest BCUT2D eigenvalue weighted by Gasteiger charge is 2.06. The molecule has 1 atom stereocenters. The highest BCUT2D eigenvalue weighted by Crippen LogP contribution is 2.15. The molecule has 1 aromatic rings. The lowest BCUT2D eigenvalue weighted by Crippen LogP contribution is -2.27. The second-order valence-electron chi connectivity index (χ2n) is 3.70. The summed E-state index contributed by atoms with van der Waals surface area (Å²) >= 11 is 0. The number of ether oxygens (including phenoxy) is 1. The molecule has 0 bridgehead atoms. The molecule has 90 valence electrons. The Morgan fingerprint density at radius 3 is 2.69 bits per heavy atom. The molecule has 1 unspecified atom stereocenters. The molecule has 0 amide bonds. The van der Waals surface area contributed by atoms with E-state index in [1.807, 2.05) is 12.1 Å². The molecule has 0 saturated carbocycles. The first-order chi connectivity index (χ1) is 7.69. The van der Waals surface area contributed by atoms with Gasteiger partial charge in [0.1, 0.15) is 5.82 Å². The summed E-state index contributed by atoms with van der Waals surface area (Å²) in [6.07, 6.45) is 1.26. The molecule has 4 nitrogen and oxygen atoms in total. The van der Waals surface area contributed by atoms with Crippen molar-refractivity contribution in [1.29, 1.82) is 0 Å². The number of likely N-dealkylation sites (N-methyl/N-ethyl adjacent to an activating group) is 1.